The Morgan fingerprint density at radius 2 is 2.00 bits per heavy atom. The normalized spacial score (nSPS) is 11.0. The van der Waals surface area contributed by atoms with Crippen LogP contribution in [0.3, 0.4) is 0 Å². The van der Waals surface area contributed by atoms with E-state index in [4.69, 9.17) is 16.3 Å². The molecule has 0 N–H and O–H groups in total. The van der Waals surface area contributed by atoms with E-state index in [1.54, 1.807) is 18.7 Å². The number of ether oxygens (including phenoxy) is 1. The van der Waals surface area contributed by atoms with Crippen LogP contribution in [0.1, 0.15) is 46.9 Å². The number of carbonyl (C=O) groups is 1. The van der Waals surface area contributed by atoms with E-state index in [2.05, 4.69) is 18.9 Å². The summed E-state index contributed by atoms with van der Waals surface area (Å²) in [6, 6.07) is 3.81. The molecular formula is C16H19ClN2O2. The fourth-order valence-corrected chi connectivity index (χ4v) is 2.67. The number of benzene rings is 1. The standard InChI is InChI=1S/C16H19ClN2O2/c1-9(2)12-7-15(10(3)6-14(12)17)21-16-13(8-20)11(4)18-19(16)5/h6-9H,1-5H3. The van der Waals surface area contributed by atoms with Crippen molar-refractivity contribution >= 4 is 17.9 Å². The monoisotopic (exact) mass is 306 g/mol. The summed E-state index contributed by atoms with van der Waals surface area (Å²) in [6.07, 6.45) is 0.770. The average molecular weight is 307 g/mol. The molecule has 112 valence electrons. The molecule has 0 saturated carbocycles. The molecule has 0 spiro atoms. The molecule has 4 nitrogen and oxygen atoms in total. The van der Waals surface area contributed by atoms with Gasteiger partial charge < -0.3 is 4.74 Å². The van der Waals surface area contributed by atoms with Crippen LogP contribution in [0.4, 0.5) is 0 Å². The summed E-state index contributed by atoms with van der Waals surface area (Å²) < 4.78 is 7.51. The molecule has 1 aromatic heterocycles. The van der Waals surface area contributed by atoms with Gasteiger partial charge in [-0.3, -0.25) is 4.79 Å². The van der Waals surface area contributed by atoms with Gasteiger partial charge in [0, 0.05) is 12.1 Å². The number of rotatable bonds is 4. The minimum Gasteiger partial charge on any atom is -0.438 e. The summed E-state index contributed by atoms with van der Waals surface area (Å²) in [5, 5.41) is 4.95. The third kappa shape index (κ3) is 2.95. The van der Waals surface area contributed by atoms with Crippen LogP contribution in [0.25, 0.3) is 0 Å². The molecule has 0 saturated heterocycles. The van der Waals surface area contributed by atoms with E-state index in [0.717, 1.165) is 22.4 Å². The predicted molar refractivity (Wildman–Crippen MR) is 83.7 cm³/mol. The molecule has 0 fully saturated rings. The van der Waals surface area contributed by atoms with Crippen molar-refractivity contribution in [2.45, 2.75) is 33.6 Å². The van der Waals surface area contributed by atoms with Crippen molar-refractivity contribution in [3.05, 3.63) is 39.5 Å². The maximum absolute atomic E-state index is 11.2. The Morgan fingerprint density at radius 1 is 1.33 bits per heavy atom. The van der Waals surface area contributed by atoms with E-state index >= 15 is 0 Å². The Balaban J connectivity index is 2.49. The molecule has 0 aliphatic carbocycles. The van der Waals surface area contributed by atoms with Gasteiger partial charge in [0.05, 0.1) is 11.3 Å². The maximum atomic E-state index is 11.2. The summed E-state index contributed by atoms with van der Waals surface area (Å²) in [4.78, 5) is 11.2. The highest BCUT2D eigenvalue weighted by molar-refractivity contribution is 6.31. The maximum Gasteiger partial charge on any atom is 0.228 e. The molecule has 0 aliphatic rings. The third-order valence-electron chi connectivity index (χ3n) is 3.45. The largest absolute Gasteiger partial charge is 0.438 e. The van der Waals surface area contributed by atoms with Crippen LogP contribution in [0.2, 0.25) is 5.02 Å². The molecule has 0 aliphatic heterocycles. The second-order valence-corrected chi connectivity index (χ2v) is 5.85. The first-order valence-corrected chi connectivity index (χ1v) is 7.19. The molecular weight excluding hydrogens is 288 g/mol. The van der Waals surface area contributed by atoms with Crippen LogP contribution in [0, 0.1) is 13.8 Å². The molecule has 1 heterocycles. The van der Waals surface area contributed by atoms with E-state index < -0.39 is 0 Å². The lowest BCUT2D eigenvalue weighted by Crippen LogP contribution is -1.99. The summed E-state index contributed by atoms with van der Waals surface area (Å²) in [5.41, 5.74) is 3.06. The highest BCUT2D eigenvalue weighted by Gasteiger charge is 2.17. The quantitative estimate of drug-likeness (QED) is 0.785. The number of nitrogens with zero attached hydrogens (tertiary/aromatic N) is 2. The van der Waals surface area contributed by atoms with Gasteiger partial charge in [0.1, 0.15) is 5.75 Å². The van der Waals surface area contributed by atoms with Gasteiger partial charge in [0.15, 0.2) is 6.29 Å². The number of aldehydes is 1. The number of aryl methyl sites for hydroxylation is 3. The van der Waals surface area contributed by atoms with Crippen molar-refractivity contribution < 1.29 is 9.53 Å². The number of carbonyl (C=O) groups excluding carboxylic acids is 1. The van der Waals surface area contributed by atoms with Crippen molar-refractivity contribution in [1.29, 1.82) is 0 Å². The van der Waals surface area contributed by atoms with Crippen LogP contribution in [-0.2, 0) is 7.05 Å². The van der Waals surface area contributed by atoms with Gasteiger partial charge in [-0.25, -0.2) is 4.68 Å². The molecule has 2 rings (SSSR count). The van der Waals surface area contributed by atoms with Crippen molar-refractivity contribution in [2.24, 2.45) is 7.05 Å². The van der Waals surface area contributed by atoms with Crippen molar-refractivity contribution in [3.63, 3.8) is 0 Å². The van der Waals surface area contributed by atoms with Crippen LogP contribution in [-0.4, -0.2) is 16.1 Å². The zero-order valence-corrected chi connectivity index (χ0v) is 13.7. The summed E-state index contributed by atoms with van der Waals surface area (Å²) in [7, 11) is 1.75. The topological polar surface area (TPSA) is 44.1 Å². The molecule has 2 aromatic rings. The molecule has 0 amide bonds. The Bertz CT molecular complexity index is 690. The van der Waals surface area contributed by atoms with E-state index in [-0.39, 0.29) is 0 Å². The predicted octanol–water partition coefficient (Wildman–Crippen LogP) is 4.42. The van der Waals surface area contributed by atoms with E-state index in [1.165, 1.54) is 0 Å². The van der Waals surface area contributed by atoms with E-state index in [9.17, 15) is 4.79 Å². The van der Waals surface area contributed by atoms with Gasteiger partial charge in [-0.2, -0.15) is 5.10 Å². The number of halogens is 1. The van der Waals surface area contributed by atoms with Gasteiger partial charge >= 0.3 is 0 Å². The van der Waals surface area contributed by atoms with Crippen molar-refractivity contribution in [2.75, 3.05) is 0 Å². The first-order valence-electron chi connectivity index (χ1n) is 6.81. The fraction of sp³-hybridized carbons (Fsp3) is 0.375. The molecule has 0 atom stereocenters. The Kier molecular flexibility index (Phi) is 4.37. The lowest BCUT2D eigenvalue weighted by molar-refractivity contribution is 0.112. The number of hydrogen-bond donors (Lipinski definition) is 0. The van der Waals surface area contributed by atoms with Gasteiger partial charge in [-0.15, -0.1) is 0 Å². The average Bonchev–Trinajstić information content (AvgIpc) is 2.66. The van der Waals surface area contributed by atoms with Gasteiger partial charge in [-0.1, -0.05) is 25.4 Å². The number of hydrogen-bond acceptors (Lipinski definition) is 3. The van der Waals surface area contributed by atoms with Crippen molar-refractivity contribution in [1.82, 2.24) is 9.78 Å². The van der Waals surface area contributed by atoms with Gasteiger partial charge in [-0.05, 0) is 43.0 Å². The SMILES string of the molecule is Cc1cc(Cl)c(C(C)C)cc1Oc1c(C=O)c(C)nn1C. The zero-order chi connectivity index (χ0) is 15.7. The second kappa shape index (κ2) is 5.90. The molecule has 0 radical (unpaired) electrons. The zero-order valence-electron chi connectivity index (χ0n) is 12.9. The van der Waals surface area contributed by atoms with Crippen LogP contribution in [0.5, 0.6) is 11.6 Å². The molecule has 0 bridgehead atoms. The first-order chi connectivity index (χ1) is 9.85. The molecule has 5 heteroatoms. The van der Waals surface area contributed by atoms with E-state index in [0.29, 0.717) is 28.8 Å². The highest BCUT2D eigenvalue weighted by Crippen LogP contribution is 2.34. The Labute approximate surface area is 129 Å². The number of aromatic nitrogens is 2. The fourth-order valence-electron chi connectivity index (χ4n) is 2.24. The lowest BCUT2D eigenvalue weighted by Gasteiger charge is -2.14. The minimum atomic E-state index is 0.291. The summed E-state index contributed by atoms with van der Waals surface area (Å²) in [5.74, 6) is 1.43. The molecule has 0 unspecified atom stereocenters. The molecule has 21 heavy (non-hydrogen) atoms. The molecule has 1 aromatic carbocycles. The summed E-state index contributed by atoms with van der Waals surface area (Å²) >= 11 is 6.26. The first kappa shape index (κ1) is 15.6. The van der Waals surface area contributed by atoms with Crippen LogP contribution in [0.15, 0.2) is 12.1 Å². The van der Waals surface area contributed by atoms with Gasteiger partial charge in [0.25, 0.3) is 0 Å². The lowest BCUT2D eigenvalue weighted by atomic mass is 10.0. The van der Waals surface area contributed by atoms with Crippen LogP contribution >= 0.6 is 11.6 Å². The minimum absolute atomic E-state index is 0.291. The third-order valence-corrected chi connectivity index (χ3v) is 3.78. The Hall–Kier alpha value is -1.81. The van der Waals surface area contributed by atoms with Crippen molar-refractivity contribution in [3.8, 4) is 11.6 Å². The highest BCUT2D eigenvalue weighted by atomic mass is 35.5. The second-order valence-electron chi connectivity index (χ2n) is 5.44. The van der Waals surface area contributed by atoms with Gasteiger partial charge in [0.2, 0.25) is 5.88 Å². The summed E-state index contributed by atoms with van der Waals surface area (Å²) in [6.45, 7) is 7.86. The van der Waals surface area contributed by atoms with E-state index in [1.807, 2.05) is 19.1 Å². The Morgan fingerprint density at radius 3 is 2.57 bits per heavy atom. The van der Waals surface area contributed by atoms with Crippen LogP contribution < -0.4 is 4.74 Å². The smallest absolute Gasteiger partial charge is 0.228 e.